The van der Waals surface area contributed by atoms with Crippen LogP contribution in [0.1, 0.15) is 35.0 Å². The number of pyridine rings is 2. The molecule has 1 atom stereocenters. The van der Waals surface area contributed by atoms with E-state index in [2.05, 4.69) is 97.9 Å². The molecule has 1 aliphatic carbocycles. The summed E-state index contributed by atoms with van der Waals surface area (Å²) < 4.78 is 0. The zero-order valence-electron chi connectivity index (χ0n) is 22.5. The molecule has 0 bridgehead atoms. The van der Waals surface area contributed by atoms with E-state index in [9.17, 15) is 0 Å². The van der Waals surface area contributed by atoms with Gasteiger partial charge in [-0.1, -0.05) is 97.1 Å². The number of rotatable bonds is 4. The molecule has 0 N–H and O–H groups in total. The molecular formula is C36H28N4. The van der Waals surface area contributed by atoms with Crippen molar-refractivity contribution in [3.05, 3.63) is 138 Å². The largest absolute Gasteiger partial charge is 0.251 e. The molecule has 6 aromatic rings. The Morgan fingerprint density at radius 1 is 0.650 bits per heavy atom. The van der Waals surface area contributed by atoms with Crippen LogP contribution in [0.4, 0.5) is 0 Å². The molecule has 0 radical (unpaired) electrons. The summed E-state index contributed by atoms with van der Waals surface area (Å²) in [7, 11) is 0. The number of hydrogen-bond donors (Lipinski definition) is 0. The summed E-state index contributed by atoms with van der Waals surface area (Å²) in [5.74, 6) is 0.783. The van der Waals surface area contributed by atoms with Gasteiger partial charge in [-0.05, 0) is 49.6 Å². The first kappa shape index (κ1) is 24.1. The Hall–Kier alpha value is -4.96. The van der Waals surface area contributed by atoms with Crippen LogP contribution in [0.3, 0.4) is 0 Å². The van der Waals surface area contributed by atoms with Crippen molar-refractivity contribution >= 4 is 27.4 Å². The van der Waals surface area contributed by atoms with E-state index in [1.807, 2.05) is 31.2 Å². The first-order valence-electron chi connectivity index (χ1n) is 13.7. The third-order valence-corrected chi connectivity index (χ3v) is 7.64. The molecule has 0 saturated carbocycles. The van der Waals surface area contributed by atoms with Gasteiger partial charge in [-0.3, -0.25) is 4.98 Å². The van der Waals surface area contributed by atoms with Crippen molar-refractivity contribution in [3.8, 4) is 22.6 Å². The van der Waals surface area contributed by atoms with Crippen LogP contribution >= 0.6 is 0 Å². The second-order valence-corrected chi connectivity index (χ2v) is 10.4. The quantitative estimate of drug-likeness (QED) is 0.220. The molecule has 1 aliphatic rings. The monoisotopic (exact) mass is 516 g/mol. The van der Waals surface area contributed by atoms with Crippen LogP contribution in [0, 0.1) is 13.8 Å². The van der Waals surface area contributed by atoms with E-state index in [4.69, 9.17) is 19.9 Å². The maximum Gasteiger partial charge on any atom is 0.160 e. The highest BCUT2D eigenvalue weighted by atomic mass is 14.9. The zero-order valence-corrected chi connectivity index (χ0v) is 22.5. The lowest BCUT2D eigenvalue weighted by Gasteiger charge is -2.23. The van der Waals surface area contributed by atoms with E-state index in [0.717, 1.165) is 73.5 Å². The predicted octanol–water partition coefficient (Wildman–Crippen LogP) is 8.65. The van der Waals surface area contributed by atoms with Gasteiger partial charge in [-0.2, -0.15) is 0 Å². The summed E-state index contributed by atoms with van der Waals surface area (Å²) in [6.45, 7) is 4.19. The third-order valence-electron chi connectivity index (χ3n) is 7.64. The summed E-state index contributed by atoms with van der Waals surface area (Å²) in [5.41, 5.74) is 10.2. The van der Waals surface area contributed by atoms with Gasteiger partial charge < -0.3 is 0 Å². The minimum absolute atomic E-state index is 0.0481. The average Bonchev–Trinajstić information content (AvgIpc) is 3.01. The molecule has 0 spiro atoms. The second kappa shape index (κ2) is 9.97. The zero-order chi connectivity index (χ0) is 27.1. The number of aromatic nitrogens is 4. The van der Waals surface area contributed by atoms with E-state index < -0.39 is 0 Å². The Bertz CT molecular complexity index is 1880. The molecule has 3 heterocycles. The average molecular weight is 517 g/mol. The van der Waals surface area contributed by atoms with Crippen LogP contribution in [0.25, 0.3) is 50.0 Å². The van der Waals surface area contributed by atoms with Crippen LogP contribution in [-0.2, 0) is 0 Å². The summed E-state index contributed by atoms with van der Waals surface area (Å²) >= 11 is 0. The van der Waals surface area contributed by atoms with Gasteiger partial charge in [0, 0.05) is 33.5 Å². The highest BCUT2D eigenvalue weighted by Crippen LogP contribution is 2.39. The Labute approximate surface area is 233 Å². The molecule has 0 amide bonds. The summed E-state index contributed by atoms with van der Waals surface area (Å²) in [6, 6.07) is 33.4. The fraction of sp³-hybridized carbons (Fsp3) is 0.111. The minimum atomic E-state index is 0.0481. The number of fused-ring (bicyclic) bond motifs is 3. The van der Waals surface area contributed by atoms with E-state index in [1.165, 1.54) is 5.56 Å². The topological polar surface area (TPSA) is 51.6 Å². The lowest BCUT2D eigenvalue weighted by molar-refractivity contribution is 0.825. The van der Waals surface area contributed by atoms with Crippen LogP contribution in [-0.4, -0.2) is 19.9 Å². The molecule has 4 heteroatoms. The normalized spacial score (nSPS) is 14.9. The molecule has 0 saturated heterocycles. The van der Waals surface area contributed by atoms with Gasteiger partial charge in [-0.25, -0.2) is 15.0 Å². The van der Waals surface area contributed by atoms with Gasteiger partial charge in [0.05, 0.1) is 28.1 Å². The van der Waals surface area contributed by atoms with Crippen molar-refractivity contribution in [2.24, 2.45) is 0 Å². The van der Waals surface area contributed by atoms with Crippen molar-refractivity contribution in [3.63, 3.8) is 0 Å². The molecule has 1 unspecified atom stereocenters. The molecule has 0 aliphatic heterocycles. The predicted molar refractivity (Wildman–Crippen MR) is 164 cm³/mol. The fourth-order valence-corrected chi connectivity index (χ4v) is 5.58. The van der Waals surface area contributed by atoms with E-state index >= 15 is 0 Å². The van der Waals surface area contributed by atoms with E-state index in [-0.39, 0.29) is 5.92 Å². The van der Waals surface area contributed by atoms with Gasteiger partial charge in [0.1, 0.15) is 0 Å². The molecule has 7 rings (SSSR count). The summed E-state index contributed by atoms with van der Waals surface area (Å²) in [6.07, 6.45) is 7.39. The van der Waals surface area contributed by atoms with E-state index in [0.29, 0.717) is 0 Å². The fourth-order valence-electron chi connectivity index (χ4n) is 5.58. The number of aryl methyl sites for hydroxylation is 2. The van der Waals surface area contributed by atoms with Crippen molar-refractivity contribution in [2.45, 2.75) is 26.2 Å². The number of benzene rings is 3. The second-order valence-electron chi connectivity index (χ2n) is 10.4. The Kier molecular flexibility index (Phi) is 6.01. The molecule has 3 aromatic carbocycles. The van der Waals surface area contributed by atoms with E-state index in [1.54, 1.807) is 0 Å². The van der Waals surface area contributed by atoms with Crippen LogP contribution in [0.5, 0.6) is 0 Å². The highest BCUT2D eigenvalue weighted by molar-refractivity contribution is 6.04. The molecule has 4 nitrogen and oxygen atoms in total. The summed E-state index contributed by atoms with van der Waals surface area (Å²) in [5, 5.41) is 2.24. The molecule has 3 aromatic heterocycles. The van der Waals surface area contributed by atoms with Gasteiger partial charge in [0.2, 0.25) is 0 Å². The van der Waals surface area contributed by atoms with Crippen LogP contribution < -0.4 is 0 Å². The summed E-state index contributed by atoms with van der Waals surface area (Å²) in [4.78, 5) is 20.3. The standard InChI is InChI=1S/C36H28N4/c1-23-21-32(38-35-28(23)20-19-26-18-17-24(2)37-34(26)35)29-15-9-10-16-30(29)33-22-31(25-11-5-3-6-12-25)39-36(40-33)27-13-7-4-8-14-27/h3-15,17-22,30H,16H2,1-2H3. The van der Waals surface area contributed by atoms with Gasteiger partial charge >= 0.3 is 0 Å². The highest BCUT2D eigenvalue weighted by Gasteiger charge is 2.24. The number of nitrogens with zero attached hydrogens (tertiary/aromatic N) is 4. The van der Waals surface area contributed by atoms with Crippen molar-refractivity contribution in [1.82, 2.24) is 19.9 Å². The maximum atomic E-state index is 5.26. The Morgan fingerprint density at radius 2 is 1.40 bits per heavy atom. The van der Waals surface area contributed by atoms with Crippen molar-refractivity contribution in [2.75, 3.05) is 0 Å². The number of allylic oxidation sites excluding steroid dienone is 4. The van der Waals surface area contributed by atoms with Crippen molar-refractivity contribution in [1.29, 1.82) is 0 Å². The first-order chi connectivity index (χ1) is 19.6. The SMILES string of the molecule is Cc1ccc2ccc3c(C)cc(C4=CC=CCC4c4cc(-c5ccccc5)nc(-c5ccccc5)n4)nc3c2n1. The molecule has 40 heavy (non-hydrogen) atoms. The van der Waals surface area contributed by atoms with Crippen LogP contribution in [0.2, 0.25) is 0 Å². The Morgan fingerprint density at radius 3 is 2.20 bits per heavy atom. The van der Waals surface area contributed by atoms with Crippen molar-refractivity contribution < 1.29 is 0 Å². The maximum absolute atomic E-state index is 5.26. The Balaban J connectivity index is 1.40. The van der Waals surface area contributed by atoms with Gasteiger partial charge in [-0.15, -0.1) is 0 Å². The lowest BCUT2D eigenvalue weighted by Crippen LogP contribution is -2.10. The molecule has 192 valence electrons. The lowest BCUT2D eigenvalue weighted by atomic mass is 9.85. The number of hydrogen-bond acceptors (Lipinski definition) is 4. The smallest absolute Gasteiger partial charge is 0.160 e. The molecular weight excluding hydrogens is 488 g/mol. The van der Waals surface area contributed by atoms with Gasteiger partial charge in [0.25, 0.3) is 0 Å². The van der Waals surface area contributed by atoms with Crippen LogP contribution in [0.15, 0.2) is 115 Å². The van der Waals surface area contributed by atoms with Gasteiger partial charge in [0.15, 0.2) is 5.82 Å². The third kappa shape index (κ3) is 4.38. The minimum Gasteiger partial charge on any atom is -0.251 e. The molecule has 0 fully saturated rings. The first-order valence-corrected chi connectivity index (χ1v) is 13.7.